The zero-order valence-corrected chi connectivity index (χ0v) is 11.0. The number of benzene rings is 1. The van der Waals surface area contributed by atoms with Gasteiger partial charge >= 0.3 is 0 Å². The highest BCUT2D eigenvalue weighted by molar-refractivity contribution is 7.99. The predicted octanol–water partition coefficient (Wildman–Crippen LogP) is 2.11. The molecule has 1 saturated carbocycles. The van der Waals surface area contributed by atoms with Crippen molar-refractivity contribution in [3.63, 3.8) is 0 Å². The normalized spacial score (nSPS) is 22.9. The lowest BCUT2D eigenvalue weighted by Crippen LogP contribution is -2.38. The van der Waals surface area contributed by atoms with Gasteiger partial charge in [0.2, 0.25) is 0 Å². The smallest absolute Gasteiger partial charge is 0.259 e. The van der Waals surface area contributed by atoms with Gasteiger partial charge in [-0.05, 0) is 31.2 Å². The maximum absolute atomic E-state index is 12.1. The molecule has 0 aliphatic heterocycles. The summed E-state index contributed by atoms with van der Waals surface area (Å²) in [6.45, 7) is 0. The number of hydrogen-bond acceptors (Lipinski definition) is 4. The summed E-state index contributed by atoms with van der Waals surface area (Å²) in [5.74, 6) is -0.783. The average molecular weight is 267 g/mol. The minimum absolute atomic E-state index is 0.0377. The zero-order chi connectivity index (χ0) is 13.1. The molecule has 1 aliphatic carbocycles. The first-order valence-corrected chi connectivity index (χ1v) is 7.27. The van der Waals surface area contributed by atoms with Gasteiger partial charge in [-0.1, -0.05) is 12.5 Å². The maximum Gasteiger partial charge on any atom is 0.259 e. The number of amides is 1. The van der Waals surface area contributed by atoms with Crippen molar-refractivity contribution in [3.8, 4) is 11.5 Å². The number of rotatable bonds is 3. The molecule has 2 atom stereocenters. The number of carbonyl (C=O) groups excluding carboxylic acids is 1. The molecule has 0 radical (unpaired) electrons. The van der Waals surface area contributed by atoms with E-state index in [1.807, 2.05) is 6.26 Å². The summed E-state index contributed by atoms with van der Waals surface area (Å²) in [6.07, 6.45) is 5.18. The van der Waals surface area contributed by atoms with Crippen LogP contribution in [0, 0.1) is 0 Å². The molecule has 3 N–H and O–H groups in total. The predicted molar refractivity (Wildman–Crippen MR) is 72.2 cm³/mol. The lowest BCUT2D eigenvalue weighted by Gasteiger charge is -2.19. The molecule has 1 aromatic carbocycles. The molecule has 2 rings (SSSR count). The van der Waals surface area contributed by atoms with Crippen LogP contribution in [-0.4, -0.2) is 33.7 Å². The van der Waals surface area contributed by atoms with Gasteiger partial charge in [0.1, 0.15) is 17.1 Å². The Bertz CT molecular complexity index is 430. The first kappa shape index (κ1) is 13.1. The minimum atomic E-state index is -0.406. The van der Waals surface area contributed by atoms with E-state index in [-0.39, 0.29) is 23.1 Å². The Morgan fingerprint density at radius 1 is 1.33 bits per heavy atom. The Balaban J connectivity index is 2.12. The third-order valence-electron chi connectivity index (χ3n) is 3.32. The van der Waals surface area contributed by atoms with Crippen molar-refractivity contribution in [1.29, 1.82) is 0 Å². The molecule has 18 heavy (non-hydrogen) atoms. The van der Waals surface area contributed by atoms with Crippen LogP contribution in [0.4, 0.5) is 0 Å². The number of hydrogen-bond donors (Lipinski definition) is 3. The molecule has 0 saturated heterocycles. The molecule has 0 spiro atoms. The van der Waals surface area contributed by atoms with E-state index < -0.39 is 5.91 Å². The Hall–Kier alpha value is -1.36. The molecule has 0 aromatic heterocycles. The quantitative estimate of drug-likeness (QED) is 0.784. The molecular formula is C13H17NO3S. The van der Waals surface area contributed by atoms with Crippen molar-refractivity contribution in [3.05, 3.63) is 23.8 Å². The fourth-order valence-corrected chi connectivity index (χ4v) is 3.31. The summed E-state index contributed by atoms with van der Waals surface area (Å²) in [5, 5.41) is 22.6. The van der Waals surface area contributed by atoms with Gasteiger partial charge < -0.3 is 15.5 Å². The second-order valence-electron chi connectivity index (χ2n) is 4.46. The lowest BCUT2D eigenvalue weighted by atomic mass is 10.1. The van der Waals surface area contributed by atoms with E-state index in [1.54, 1.807) is 11.8 Å². The Labute approximate surface area is 110 Å². The van der Waals surface area contributed by atoms with Crippen molar-refractivity contribution < 1.29 is 15.0 Å². The molecule has 0 bridgehead atoms. The van der Waals surface area contributed by atoms with Crippen LogP contribution in [0.15, 0.2) is 18.2 Å². The number of phenols is 2. The van der Waals surface area contributed by atoms with Gasteiger partial charge in [-0.2, -0.15) is 11.8 Å². The van der Waals surface area contributed by atoms with Crippen molar-refractivity contribution >= 4 is 17.7 Å². The summed E-state index contributed by atoms with van der Waals surface area (Å²) < 4.78 is 0. The van der Waals surface area contributed by atoms with Gasteiger partial charge in [0.25, 0.3) is 5.91 Å². The number of thioether (sulfide) groups is 1. The fraction of sp³-hybridized carbons (Fsp3) is 0.462. The standard InChI is InChI=1S/C13H17NO3S/c1-18-11-7-2-4-8(11)14-13(17)12-9(15)5-3-6-10(12)16/h3,5-6,8,11,15-16H,2,4,7H2,1H3,(H,14,17). The Morgan fingerprint density at radius 2 is 2.00 bits per heavy atom. The maximum atomic E-state index is 12.1. The van der Waals surface area contributed by atoms with Crippen molar-refractivity contribution in [1.82, 2.24) is 5.32 Å². The van der Waals surface area contributed by atoms with Gasteiger partial charge in [-0.25, -0.2) is 0 Å². The van der Waals surface area contributed by atoms with Gasteiger partial charge in [-0.3, -0.25) is 4.79 Å². The van der Waals surface area contributed by atoms with Gasteiger partial charge in [0.05, 0.1) is 0 Å². The van der Waals surface area contributed by atoms with E-state index >= 15 is 0 Å². The van der Waals surface area contributed by atoms with Crippen molar-refractivity contribution in [2.45, 2.75) is 30.6 Å². The Morgan fingerprint density at radius 3 is 2.61 bits per heavy atom. The largest absolute Gasteiger partial charge is 0.507 e. The van der Waals surface area contributed by atoms with Crippen LogP contribution in [0.2, 0.25) is 0 Å². The van der Waals surface area contributed by atoms with Crippen molar-refractivity contribution in [2.75, 3.05) is 6.26 Å². The fourth-order valence-electron chi connectivity index (χ4n) is 2.37. The highest BCUT2D eigenvalue weighted by Gasteiger charge is 2.29. The molecule has 1 aromatic rings. The third kappa shape index (κ3) is 2.56. The molecule has 1 aliphatic rings. The molecule has 2 unspecified atom stereocenters. The van der Waals surface area contributed by atoms with E-state index in [9.17, 15) is 15.0 Å². The van der Waals surface area contributed by atoms with Gasteiger partial charge in [0.15, 0.2) is 0 Å². The van der Waals surface area contributed by atoms with E-state index in [0.29, 0.717) is 5.25 Å². The summed E-state index contributed by atoms with van der Waals surface area (Å²) >= 11 is 1.75. The molecule has 1 amide bonds. The lowest BCUT2D eigenvalue weighted by molar-refractivity contribution is 0.0933. The summed E-state index contributed by atoms with van der Waals surface area (Å²) in [7, 11) is 0. The number of aromatic hydroxyl groups is 2. The zero-order valence-electron chi connectivity index (χ0n) is 10.2. The molecule has 5 heteroatoms. The number of phenolic OH excluding ortho intramolecular Hbond substituents is 2. The second kappa shape index (κ2) is 5.52. The Kier molecular flexibility index (Phi) is 4.01. The molecular weight excluding hydrogens is 250 g/mol. The minimum Gasteiger partial charge on any atom is -0.507 e. The summed E-state index contributed by atoms with van der Waals surface area (Å²) in [4.78, 5) is 12.1. The van der Waals surface area contributed by atoms with Crippen LogP contribution in [0.1, 0.15) is 29.6 Å². The van der Waals surface area contributed by atoms with Crippen LogP contribution >= 0.6 is 11.8 Å². The number of carbonyl (C=O) groups is 1. The molecule has 0 heterocycles. The summed E-state index contributed by atoms with van der Waals surface area (Å²) in [6, 6.07) is 4.42. The highest BCUT2D eigenvalue weighted by atomic mass is 32.2. The van der Waals surface area contributed by atoms with E-state index in [1.165, 1.54) is 18.2 Å². The third-order valence-corrected chi connectivity index (χ3v) is 4.49. The van der Waals surface area contributed by atoms with Crippen LogP contribution in [-0.2, 0) is 0 Å². The second-order valence-corrected chi connectivity index (χ2v) is 5.53. The molecule has 98 valence electrons. The van der Waals surface area contributed by atoms with Crippen LogP contribution in [0.5, 0.6) is 11.5 Å². The van der Waals surface area contributed by atoms with Gasteiger partial charge in [-0.15, -0.1) is 0 Å². The van der Waals surface area contributed by atoms with E-state index in [2.05, 4.69) is 5.32 Å². The highest BCUT2D eigenvalue weighted by Crippen LogP contribution is 2.30. The molecule has 1 fully saturated rings. The molecule has 4 nitrogen and oxygen atoms in total. The van der Waals surface area contributed by atoms with Crippen LogP contribution in [0.3, 0.4) is 0 Å². The van der Waals surface area contributed by atoms with E-state index in [0.717, 1.165) is 19.3 Å². The first-order chi connectivity index (χ1) is 8.63. The summed E-state index contributed by atoms with van der Waals surface area (Å²) in [5.41, 5.74) is -0.0377. The van der Waals surface area contributed by atoms with Crippen LogP contribution < -0.4 is 5.32 Å². The average Bonchev–Trinajstić information content (AvgIpc) is 2.76. The van der Waals surface area contributed by atoms with Crippen LogP contribution in [0.25, 0.3) is 0 Å². The van der Waals surface area contributed by atoms with Crippen molar-refractivity contribution in [2.24, 2.45) is 0 Å². The first-order valence-electron chi connectivity index (χ1n) is 5.98. The monoisotopic (exact) mass is 267 g/mol. The SMILES string of the molecule is CSC1CCCC1NC(=O)c1c(O)cccc1O. The van der Waals surface area contributed by atoms with Gasteiger partial charge in [0, 0.05) is 11.3 Å². The van der Waals surface area contributed by atoms with E-state index in [4.69, 9.17) is 0 Å². The number of nitrogens with one attached hydrogen (secondary N) is 1. The topological polar surface area (TPSA) is 69.6 Å².